The number of piperidine rings is 1. The van der Waals surface area contributed by atoms with Crippen LogP contribution in [0.15, 0.2) is 30.3 Å². The van der Waals surface area contributed by atoms with Crippen LogP contribution in [0.5, 0.6) is 11.5 Å². The van der Waals surface area contributed by atoms with Crippen molar-refractivity contribution in [3.63, 3.8) is 0 Å². The Morgan fingerprint density at radius 3 is 2.45 bits per heavy atom. The Morgan fingerprint density at radius 2 is 1.76 bits per heavy atom. The molecule has 0 bridgehead atoms. The Hall–Kier alpha value is -3.34. The monoisotopic (exact) mass is 537 g/mol. The molecule has 0 aliphatic carbocycles. The molecule has 2 amide bonds. The molecule has 38 heavy (non-hydrogen) atoms. The van der Waals surface area contributed by atoms with Gasteiger partial charge < -0.3 is 24.6 Å². The number of rotatable bonds is 7. The van der Waals surface area contributed by atoms with Gasteiger partial charge in [0.1, 0.15) is 5.82 Å². The first-order chi connectivity index (χ1) is 18.1. The average Bonchev–Trinajstić information content (AvgIpc) is 2.91. The standard InChI is InChI=1S/C27H31F4N3O4/c1-37-23-12-17-7-10-34(16-19(17)13-24(23)38-2)26(36)18-4-3-9-33(15-18)11-8-32-25(35)21-6-5-20(28)14-22(21)27(29,30)31/h5-6,12-14,18H,3-4,7-11,15-16H2,1-2H3,(H,32,35). The molecule has 7 nitrogen and oxygen atoms in total. The molecule has 0 spiro atoms. The highest BCUT2D eigenvalue weighted by atomic mass is 19.4. The van der Waals surface area contributed by atoms with Crippen molar-refractivity contribution in [3.8, 4) is 11.5 Å². The second-order valence-corrected chi connectivity index (χ2v) is 9.57. The van der Waals surface area contributed by atoms with E-state index < -0.39 is 29.0 Å². The molecule has 206 valence electrons. The summed E-state index contributed by atoms with van der Waals surface area (Å²) in [4.78, 5) is 29.6. The van der Waals surface area contributed by atoms with Gasteiger partial charge in [-0.15, -0.1) is 0 Å². The Morgan fingerprint density at radius 1 is 1.05 bits per heavy atom. The third kappa shape index (κ3) is 6.20. The highest BCUT2D eigenvalue weighted by molar-refractivity contribution is 5.95. The first kappa shape index (κ1) is 27.7. The lowest BCUT2D eigenvalue weighted by Crippen LogP contribution is -2.47. The number of benzene rings is 2. The quantitative estimate of drug-likeness (QED) is 0.543. The number of nitrogens with zero attached hydrogens (tertiary/aromatic N) is 2. The number of nitrogens with one attached hydrogen (secondary N) is 1. The number of amides is 2. The number of hydrogen-bond donors (Lipinski definition) is 1. The molecule has 2 aromatic carbocycles. The summed E-state index contributed by atoms with van der Waals surface area (Å²) < 4.78 is 63.8. The fraction of sp³-hybridized carbons (Fsp3) is 0.481. The second kappa shape index (κ2) is 11.6. The van der Waals surface area contributed by atoms with Crippen LogP contribution < -0.4 is 14.8 Å². The first-order valence-electron chi connectivity index (χ1n) is 12.5. The zero-order chi connectivity index (χ0) is 27.4. The minimum Gasteiger partial charge on any atom is -0.493 e. The molecule has 4 rings (SSSR count). The van der Waals surface area contributed by atoms with Crippen molar-refractivity contribution >= 4 is 11.8 Å². The summed E-state index contributed by atoms with van der Waals surface area (Å²) in [7, 11) is 3.16. The third-order valence-electron chi connectivity index (χ3n) is 7.13. The number of likely N-dealkylation sites (tertiary alicyclic amines) is 1. The predicted octanol–water partition coefficient (Wildman–Crippen LogP) is 3.89. The van der Waals surface area contributed by atoms with E-state index in [1.165, 1.54) is 0 Å². The fourth-order valence-electron chi connectivity index (χ4n) is 5.16. The van der Waals surface area contributed by atoms with Crippen molar-refractivity contribution in [3.05, 3.63) is 58.4 Å². The number of ether oxygens (including phenoxy) is 2. The van der Waals surface area contributed by atoms with E-state index in [2.05, 4.69) is 5.32 Å². The molecule has 2 heterocycles. The van der Waals surface area contributed by atoms with Gasteiger partial charge in [-0.1, -0.05) is 0 Å². The van der Waals surface area contributed by atoms with Crippen molar-refractivity contribution in [1.82, 2.24) is 15.1 Å². The number of carbonyl (C=O) groups is 2. The van der Waals surface area contributed by atoms with Gasteiger partial charge in [-0.2, -0.15) is 13.2 Å². The predicted molar refractivity (Wildman–Crippen MR) is 132 cm³/mol. The highest BCUT2D eigenvalue weighted by Crippen LogP contribution is 2.34. The van der Waals surface area contributed by atoms with Gasteiger partial charge in [0, 0.05) is 32.7 Å². The van der Waals surface area contributed by atoms with Crippen LogP contribution >= 0.6 is 0 Å². The number of carbonyl (C=O) groups excluding carboxylic acids is 2. The van der Waals surface area contributed by atoms with Gasteiger partial charge in [-0.25, -0.2) is 4.39 Å². The van der Waals surface area contributed by atoms with Crippen molar-refractivity contribution in [2.24, 2.45) is 5.92 Å². The van der Waals surface area contributed by atoms with E-state index in [9.17, 15) is 27.2 Å². The van der Waals surface area contributed by atoms with Crippen LogP contribution in [0.25, 0.3) is 0 Å². The summed E-state index contributed by atoms with van der Waals surface area (Å²) in [6.45, 7) is 2.82. The summed E-state index contributed by atoms with van der Waals surface area (Å²) in [5.41, 5.74) is 0.224. The summed E-state index contributed by atoms with van der Waals surface area (Å²) >= 11 is 0. The molecule has 1 N–H and O–H groups in total. The molecule has 0 aromatic heterocycles. The maximum atomic E-state index is 13.3. The number of hydrogen-bond acceptors (Lipinski definition) is 5. The van der Waals surface area contributed by atoms with E-state index in [0.717, 1.165) is 42.6 Å². The number of alkyl halides is 3. The smallest absolute Gasteiger partial charge is 0.417 e. The molecule has 0 radical (unpaired) electrons. The minimum absolute atomic E-state index is 0.0697. The van der Waals surface area contributed by atoms with Gasteiger partial charge in [0.2, 0.25) is 5.91 Å². The van der Waals surface area contributed by atoms with Gasteiger partial charge >= 0.3 is 6.18 Å². The third-order valence-corrected chi connectivity index (χ3v) is 7.13. The zero-order valence-electron chi connectivity index (χ0n) is 21.4. The van der Waals surface area contributed by atoms with Crippen molar-refractivity contribution in [2.75, 3.05) is 46.9 Å². The molecule has 2 aliphatic heterocycles. The Bertz CT molecular complexity index is 1190. The normalized spacial score (nSPS) is 18.1. The SMILES string of the molecule is COc1cc2c(cc1OC)CN(C(=O)C1CCCN(CCNC(=O)c3ccc(F)cc3C(F)(F)F)C1)CC2. The number of methoxy groups -OCH3 is 2. The molecule has 2 aliphatic rings. The van der Waals surface area contributed by atoms with Gasteiger partial charge in [0.15, 0.2) is 11.5 Å². The van der Waals surface area contributed by atoms with Crippen molar-refractivity contribution < 1.29 is 36.6 Å². The lowest BCUT2D eigenvalue weighted by Gasteiger charge is -2.37. The first-order valence-corrected chi connectivity index (χ1v) is 12.5. The fourth-order valence-corrected chi connectivity index (χ4v) is 5.16. The van der Waals surface area contributed by atoms with Crippen molar-refractivity contribution in [1.29, 1.82) is 0 Å². The Labute approximate surface area is 218 Å². The van der Waals surface area contributed by atoms with Crippen LogP contribution in [0.4, 0.5) is 17.6 Å². The van der Waals surface area contributed by atoms with Crippen LogP contribution in [0.3, 0.4) is 0 Å². The molecule has 1 atom stereocenters. The van der Waals surface area contributed by atoms with E-state index in [1.807, 2.05) is 21.9 Å². The minimum atomic E-state index is -4.85. The van der Waals surface area contributed by atoms with Crippen LogP contribution in [-0.2, 0) is 23.9 Å². The van der Waals surface area contributed by atoms with E-state index in [1.54, 1.807) is 14.2 Å². The molecular formula is C27H31F4N3O4. The summed E-state index contributed by atoms with van der Waals surface area (Å²) in [6.07, 6.45) is -2.58. The molecule has 2 aromatic rings. The van der Waals surface area contributed by atoms with Crippen LogP contribution in [0, 0.1) is 11.7 Å². The lowest BCUT2D eigenvalue weighted by atomic mass is 9.93. The second-order valence-electron chi connectivity index (χ2n) is 9.57. The van der Waals surface area contributed by atoms with E-state index in [4.69, 9.17) is 9.47 Å². The van der Waals surface area contributed by atoms with E-state index in [-0.39, 0.29) is 18.4 Å². The molecular weight excluding hydrogens is 506 g/mol. The van der Waals surface area contributed by atoms with Gasteiger partial charge in [-0.05, 0) is 67.3 Å². The summed E-state index contributed by atoms with van der Waals surface area (Å²) in [5, 5.41) is 2.50. The van der Waals surface area contributed by atoms with E-state index in [0.29, 0.717) is 50.2 Å². The van der Waals surface area contributed by atoms with Gasteiger partial charge in [0.05, 0.1) is 31.3 Å². The number of halogens is 4. The van der Waals surface area contributed by atoms with Crippen molar-refractivity contribution in [2.45, 2.75) is 32.0 Å². The maximum Gasteiger partial charge on any atom is 0.417 e. The summed E-state index contributed by atoms with van der Waals surface area (Å²) in [6, 6.07) is 5.86. The Kier molecular flexibility index (Phi) is 8.44. The maximum absolute atomic E-state index is 13.3. The van der Waals surface area contributed by atoms with Crippen LogP contribution in [0.1, 0.15) is 39.9 Å². The lowest BCUT2D eigenvalue weighted by molar-refractivity contribution is -0.138. The topological polar surface area (TPSA) is 71.1 Å². The molecule has 11 heteroatoms. The largest absolute Gasteiger partial charge is 0.493 e. The van der Waals surface area contributed by atoms with Crippen LogP contribution in [-0.4, -0.2) is 68.6 Å². The van der Waals surface area contributed by atoms with Gasteiger partial charge in [-0.3, -0.25) is 9.59 Å². The molecule has 1 unspecified atom stereocenters. The number of fused-ring (bicyclic) bond motifs is 1. The van der Waals surface area contributed by atoms with E-state index >= 15 is 0 Å². The highest BCUT2D eigenvalue weighted by Gasteiger charge is 2.36. The molecule has 1 fully saturated rings. The zero-order valence-corrected chi connectivity index (χ0v) is 21.4. The molecule has 1 saturated heterocycles. The van der Waals surface area contributed by atoms with Crippen LogP contribution in [0.2, 0.25) is 0 Å². The Balaban J connectivity index is 1.32. The summed E-state index contributed by atoms with van der Waals surface area (Å²) in [5.74, 6) is -0.824. The average molecular weight is 538 g/mol. The molecule has 0 saturated carbocycles. The van der Waals surface area contributed by atoms with Gasteiger partial charge in [0.25, 0.3) is 5.91 Å².